The molecule has 4 rings (SSSR count). The number of benzene rings is 2. The molecule has 1 atom stereocenters. The van der Waals surface area contributed by atoms with Crippen molar-refractivity contribution in [2.75, 3.05) is 13.1 Å². The lowest BCUT2D eigenvalue weighted by atomic mass is 9.86. The molecule has 0 spiro atoms. The van der Waals surface area contributed by atoms with Gasteiger partial charge in [-0.3, -0.25) is 4.79 Å². The highest BCUT2D eigenvalue weighted by atomic mass is 16.5. The fourth-order valence-corrected chi connectivity index (χ4v) is 3.75. The molecule has 23 heavy (non-hydrogen) atoms. The molecule has 118 valence electrons. The number of nitrogens with zero attached hydrogens (tertiary/aromatic N) is 1. The van der Waals surface area contributed by atoms with Gasteiger partial charge < -0.3 is 9.64 Å². The van der Waals surface area contributed by atoms with Crippen LogP contribution in [-0.2, 0) is 4.79 Å². The molecule has 0 N–H and O–H groups in total. The smallest absolute Gasteiger partial charge is 0.234 e. The summed E-state index contributed by atoms with van der Waals surface area (Å²) in [6, 6.07) is 15.8. The maximum absolute atomic E-state index is 13.3. The molecule has 3 nitrogen and oxygen atoms in total. The zero-order chi connectivity index (χ0) is 15.8. The highest BCUT2D eigenvalue weighted by Gasteiger charge is 2.36. The minimum absolute atomic E-state index is 0.208. The van der Waals surface area contributed by atoms with Gasteiger partial charge in [-0.15, -0.1) is 0 Å². The van der Waals surface area contributed by atoms with Gasteiger partial charge in [0.2, 0.25) is 5.91 Å². The Hall–Kier alpha value is -2.29. The van der Waals surface area contributed by atoms with Crippen molar-refractivity contribution in [3.8, 4) is 11.5 Å². The number of likely N-dealkylation sites (tertiary alicyclic amines) is 1. The molecular formula is C20H21NO2. The van der Waals surface area contributed by atoms with Crippen LogP contribution in [-0.4, -0.2) is 23.9 Å². The molecule has 1 fully saturated rings. The van der Waals surface area contributed by atoms with Crippen LogP contribution < -0.4 is 4.74 Å². The van der Waals surface area contributed by atoms with Crippen molar-refractivity contribution in [3.05, 3.63) is 59.7 Å². The van der Waals surface area contributed by atoms with E-state index in [0.717, 1.165) is 42.1 Å². The zero-order valence-corrected chi connectivity index (χ0v) is 13.4. The van der Waals surface area contributed by atoms with Crippen molar-refractivity contribution >= 4 is 5.91 Å². The number of fused-ring (bicyclic) bond motifs is 2. The van der Waals surface area contributed by atoms with Crippen molar-refractivity contribution in [2.45, 2.75) is 25.7 Å². The van der Waals surface area contributed by atoms with E-state index in [4.69, 9.17) is 4.74 Å². The second-order valence-corrected chi connectivity index (χ2v) is 6.64. The van der Waals surface area contributed by atoms with Gasteiger partial charge in [-0.2, -0.15) is 0 Å². The first-order valence-electron chi connectivity index (χ1n) is 8.38. The molecule has 2 aliphatic rings. The SMILES string of the molecule is C[C@@H]1CCCN(C(=O)C2c3ccccc3Oc3ccccc32)C1. The van der Waals surface area contributed by atoms with Crippen LogP contribution in [0, 0.1) is 5.92 Å². The summed E-state index contributed by atoms with van der Waals surface area (Å²) in [5.74, 6) is 2.14. The predicted octanol–water partition coefficient (Wildman–Crippen LogP) is 4.18. The highest BCUT2D eigenvalue weighted by molar-refractivity contribution is 5.89. The molecule has 2 heterocycles. The van der Waals surface area contributed by atoms with Gasteiger partial charge in [-0.05, 0) is 30.9 Å². The fraction of sp³-hybridized carbons (Fsp3) is 0.350. The van der Waals surface area contributed by atoms with Gasteiger partial charge in [-0.25, -0.2) is 0 Å². The Bertz CT molecular complexity index is 694. The van der Waals surface area contributed by atoms with Gasteiger partial charge in [0.25, 0.3) is 0 Å². The average molecular weight is 307 g/mol. The molecule has 0 bridgehead atoms. The third kappa shape index (κ3) is 2.50. The summed E-state index contributed by atoms with van der Waals surface area (Å²) >= 11 is 0. The molecule has 1 amide bonds. The summed E-state index contributed by atoms with van der Waals surface area (Å²) < 4.78 is 6.00. The van der Waals surface area contributed by atoms with E-state index in [1.807, 2.05) is 53.4 Å². The molecule has 0 aromatic heterocycles. The summed E-state index contributed by atoms with van der Waals surface area (Å²) in [7, 11) is 0. The minimum Gasteiger partial charge on any atom is -0.457 e. The van der Waals surface area contributed by atoms with Crippen molar-refractivity contribution < 1.29 is 9.53 Å². The molecule has 2 aliphatic heterocycles. The normalized spacial score (nSPS) is 20.4. The van der Waals surface area contributed by atoms with Crippen molar-refractivity contribution in [3.63, 3.8) is 0 Å². The second kappa shape index (κ2) is 5.73. The zero-order valence-electron chi connectivity index (χ0n) is 13.4. The minimum atomic E-state index is -0.249. The number of rotatable bonds is 1. The largest absolute Gasteiger partial charge is 0.457 e. The van der Waals surface area contributed by atoms with Crippen LogP contribution in [0.1, 0.15) is 36.8 Å². The van der Waals surface area contributed by atoms with Crippen molar-refractivity contribution in [2.24, 2.45) is 5.92 Å². The lowest BCUT2D eigenvalue weighted by molar-refractivity contribution is -0.133. The highest BCUT2D eigenvalue weighted by Crippen LogP contribution is 2.44. The molecule has 2 aromatic carbocycles. The number of amides is 1. The van der Waals surface area contributed by atoms with Crippen molar-refractivity contribution in [1.82, 2.24) is 4.90 Å². The van der Waals surface area contributed by atoms with E-state index in [9.17, 15) is 4.79 Å². The van der Waals surface area contributed by atoms with Gasteiger partial charge in [0, 0.05) is 24.2 Å². The first-order chi connectivity index (χ1) is 11.2. The quantitative estimate of drug-likeness (QED) is 0.791. The first kappa shape index (κ1) is 14.3. The Morgan fingerprint density at radius 3 is 2.26 bits per heavy atom. The van der Waals surface area contributed by atoms with E-state index in [1.165, 1.54) is 6.42 Å². The van der Waals surface area contributed by atoms with Crippen LogP contribution in [0.5, 0.6) is 11.5 Å². The van der Waals surface area contributed by atoms with Crippen LogP contribution in [0.2, 0.25) is 0 Å². The van der Waals surface area contributed by atoms with Gasteiger partial charge in [0.05, 0.1) is 5.92 Å². The lowest BCUT2D eigenvalue weighted by Gasteiger charge is -2.36. The molecule has 3 heteroatoms. The third-order valence-electron chi connectivity index (χ3n) is 4.90. The monoisotopic (exact) mass is 307 g/mol. The maximum Gasteiger partial charge on any atom is 0.234 e. The molecule has 2 aromatic rings. The fourth-order valence-electron chi connectivity index (χ4n) is 3.75. The summed E-state index contributed by atoms with van der Waals surface area (Å²) in [6.45, 7) is 3.96. The van der Waals surface area contributed by atoms with E-state index in [1.54, 1.807) is 0 Å². The number of hydrogen-bond donors (Lipinski definition) is 0. The summed E-state index contributed by atoms with van der Waals surface area (Å²) in [6.07, 6.45) is 2.31. The molecule has 0 aliphatic carbocycles. The molecule has 0 radical (unpaired) electrons. The van der Waals surface area contributed by atoms with E-state index in [2.05, 4.69) is 6.92 Å². The predicted molar refractivity (Wildman–Crippen MR) is 89.8 cm³/mol. The summed E-state index contributed by atoms with van der Waals surface area (Å²) in [4.78, 5) is 15.3. The summed E-state index contributed by atoms with van der Waals surface area (Å²) in [5.41, 5.74) is 1.96. The molecule has 0 unspecified atom stereocenters. The number of ether oxygens (including phenoxy) is 1. The lowest BCUT2D eigenvalue weighted by Crippen LogP contribution is -2.42. The Labute approximate surface area is 136 Å². The van der Waals surface area contributed by atoms with Gasteiger partial charge >= 0.3 is 0 Å². The van der Waals surface area contributed by atoms with Gasteiger partial charge in [0.1, 0.15) is 11.5 Å². The topological polar surface area (TPSA) is 29.5 Å². The van der Waals surface area contributed by atoms with E-state index in [-0.39, 0.29) is 11.8 Å². The maximum atomic E-state index is 13.3. The van der Waals surface area contributed by atoms with E-state index >= 15 is 0 Å². The van der Waals surface area contributed by atoms with Gasteiger partial charge in [0.15, 0.2) is 0 Å². The Balaban J connectivity index is 1.76. The van der Waals surface area contributed by atoms with Gasteiger partial charge in [-0.1, -0.05) is 43.3 Å². The number of para-hydroxylation sites is 2. The second-order valence-electron chi connectivity index (χ2n) is 6.64. The van der Waals surface area contributed by atoms with Crippen LogP contribution in [0.15, 0.2) is 48.5 Å². The number of piperidine rings is 1. The molecule has 1 saturated heterocycles. The van der Waals surface area contributed by atoms with Crippen molar-refractivity contribution in [1.29, 1.82) is 0 Å². The Morgan fingerprint density at radius 1 is 1.04 bits per heavy atom. The number of hydrogen-bond acceptors (Lipinski definition) is 2. The molecule has 0 saturated carbocycles. The summed E-state index contributed by atoms with van der Waals surface area (Å²) in [5, 5.41) is 0. The Kier molecular flexibility index (Phi) is 3.56. The first-order valence-corrected chi connectivity index (χ1v) is 8.38. The van der Waals surface area contributed by atoms with Crippen LogP contribution in [0.25, 0.3) is 0 Å². The third-order valence-corrected chi connectivity index (χ3v) is 4.90. The van der Waals surface area contributed by atoms with Crippen LogP contribution in [0.4, 0.5) is 0 Å². The Morgan fingerprint density at radius 2 is 1.65 bits per heavy atom. The number of carbonyl (C=O) groups excluding carboxylic acids is 1. The van der Waals surface area contributed by atoms with Crippen LogP contribution in [0.3, 0.4) is 0 Å². The average Bonchev–Trinajstić information content (AvgIpc) is 2.59. The van der Waals surface area contributed by atoms with Crippen LogP contribution >= 0.6 is 0 Å². The molecular weight excluding hydrogens is 286 g/mol. The standard InChI is InChI=1S/C20H21NO2/c1-14-7-6-12-21(13-14)20(22)19-15-8-2-4-10-17(15)23-18-11-5-3-9-16(18)19/h2-5,8-11,14,19H,6-7,12-13H2,1H3/t14-/m1/s1. The van der Waals surface area contributed by atoms with E-state index < -0.39 is 0 Å². The van der Waals surface area contributed by atoms with E-state index in [0.29, 0.717) is 5.92 Å². The number of carbonyl (C=O) groups is 1.